The molecular formula is C9H11ClN2O2S. The van der Waals surface area contributed by atoms with Crippen LogP contribution < -0.4 is 0 Å². The van der Waals surface area contributed by atoms with Gasteiger partial charge in [0.1, 0.15) is 21.6 Å². The molecule has 1 heterocycles. The van der Waals surface area contributed by atoms with Crippen LogP contribution in [0, 0.1) is 0 Å². The first-order valence-corrected chi connectivity index (χ1v) is 5.35. The number of thiol groups is 1. The van der Waals surface area contributed by atoms with Crippen molar-refractivity contribution in [2.24, 2.45) is 0 Å². The number of esters is 1. The van der Waals surface area contributed by atoms with Gasteiger partial charge in [0.2, 0.25) is 0 Å². The number of hydrogen-bond donors (Lipinski definition) is 1. The minimum atomic E-state index is -0.546. The van der Waals surface area contributed by atoms with Crippen LogP contribution in [-0.2, 0) is 11.2 Å². The lowest BCUT2D eigenvalue weighted by Gasteiger charge is -2.06. The highest BCUT2D eigenvalue weighted by Gasteiger charge is 2.18. The monoisotopic (exact) mass is 246 g/mol. The van der Waals surface area contributed by atoms with Gasteiger partial charge in [0.05, 0.1) is 6.61 Å². The van der Waals surface area contributed by atoms with E-state index < -0.39 is 5.97 Å². The molecule has 1 aromatic rings. The number of halogens is 1. The highest BCUT2D eigenvalue weighted by molar-refractivity contribution is 7.80. The summed E-state index contributed by atoms with van der Waals surface area (Å²) in [7, 11) is 0. The van der Waals surface area contributed by atoms with Gasteiger partial charge >= 0.3 is 5.97 Å². The van der Waals surface area contributed by atoms with Gasteiger partial charge in [-0.05, 0) is 6.92 Å². The SMILES string of the molecule is CCOC(=O)c1c(S)nc(CC)nc1Cl. The van der Waals surface area contributed by atoms with E-state index in [0.717, 1.165) is 0 Å². The highest BCUT2D eigenvalue weighted by atomic mass is 35.5. The van der Waals surface area contributed by atoms with Gasteiger partial charge in [0.25, 0.3) is 0 Å². The molecule has 1 rings (SSSR count). The second kappa shape index (κ2) is 5.32. The average molecular weight is 247 g/mol. The summed E-state index contributed by atoms with van der Waals surface area (Å²) in [5.74, 6) is 0.00759. The van der Waals surface area contributed by atoms with Crippen molar-refractivity contribution in [3.8, 4) is 0 Å². The molecule has 82 valence electrons. The Kier molecular flexibility index (Phi) is 4.35. The Morgan fingerprint density at radius 3 is 2.60 bits per heavy atom. The van der Waals surface area contributed by atoms with Gasteiger partial charge in [-0.3, -0.25) is 0 Å². The maximum absolute atomic E-state index is 11.5. The van der Waals surface area contributed by atoms with E-state index in [-0.39, 0.29) is 22.3 Å². The second-order valence-corrected chi connectivity index (χ2v) is 3.48. The number of hydrogen-bond acceptors (Lipinski definition) is 5. The molecule has 0 N–H and O–H groups in total. The molecule has 1 aromatic heterocycles. The third-order valence-corrected chi connectivity index (χ3v) is 2.28. The molecule has 0 unspecified atom stereocenters. The predicted octanol–water partition coefficient (Wildman–Crippen LogP) is 2.16. The van der Waals surface area contributed by atoms with Gasteiger partial charge in [-0.25, -0.2) is 14.8 Å². The van der Waals surface area contributed by atoms with E-state index in [0.29, 0.717) is 12.2 Å². The van der Waals surface area contributed by atoms with Crippen molar-refractivity contribution in [1.82, 2.24) is 9.97 Å². The largest absolute Gasteiger partial charge is 0.462 e. The standard InChI is InChI=1S/C9H11ClN2O2S/c1-3-5-11-7(10)6(8(15)12-5)9(13)14-4-2/h3-4H2,1-2H3,(H,11,12,15). The Morgan fingerprint density at radius 2 is 2.13 bits per heavy atom. The summed E-state index contributed by atoms with van der Waals surface area (Å²) in [4.78, 5) is 19.4. The lowest BCUT2D eigenvalue weighted by atomic mass is 10.3. The molecule has 0 aliphatic carbocycles. The summed E-state index contributed by atoms with van der Waals surface area (Å²) in [5.41, 5.74) is 0.124. The van der Waals surface area contributed by atoms with Crippen molar-refractivity contribution in [2.75, 3.05) is 6.61 Å². The molecular weight excluding hydrogens is 236 g/mol. The minimum Gasteiger partial charge on any atom is -0.462 e. The van der Waals surface area contributed by atoms with Crippen molar-refractivity contribution in [1.29, 1.82) is 0 Å². The van der Waals surface area contributed by atoms with Crippen LogP contribution in [0.25, 0.3) is 0 Å². The number of nitrogens with zero attached hydrogens (tertiary/aromatic N) is 2. The molecule has 0 saturated heterocycles. The molecule has 15 heavy (non-hydrogen) atoms. The van der Waals surface area contributed by atoms with Crippen molar-refractivity contribution in [3.63, 3.8) is 0 Å². The van der Waals surface area contributed by atoms with Crippen LogP contribution in [-0.4, -0.2) is 22.5 Å². The summed E-state index contributed by atoms with van der Waals surface area (Å²) in [6, 6.07) is 0. The minimum absolute atomic E-state index is 0.0882. The van der Waals surface area contributed by atoms with Crippen LogP contribution in [0.1, 0.15) is 30.0 Å². The average Bonchev–Trinajstić information content (AvgIpc) is 2.16. The highest BCUT2D eigenvalue weighted by Crippen LogP contribution is 2.20. The first-order valence-electron chi connectivity index (χ1n) is 4.52. The fourth-order valence-electron chi connectivity index (χ4n) is 1.00. The molecule has 0 saturated carbocycles. The Hall–Kier alpha value is -0.810. The Morgan fingerprint density at radius 1 is 1.47 bits per heavy atom. The number of rotatable bonds is 3. The van der Waals surface area contributed by atoms with Gasteiger partial charge in [-0.1, -0.05) is 18.5 Å². The van der Waals surface area contributed by atoms with E-state index in [1.54, 1.807) is 6.92 Å². The Balaban J connectivity index is 3.13. The van der Waals surface area contributed by atoms with Gasteiger partial charge in [-0.15, -0.1) is 12.6 Å². The number of carbonyl (C=O) groups excluding carboxylic acids is 1. The molecule has 0 fully saturated rings. The predicted molar refractivity (Wildman–Crippen MR) is 59.6 cm³/mol. The molecule has 0 aromatic carbocycles. The van der Waals surface area contributed by atoms with Gasteiger partial charge in [0.15, 0.2) is 0 Å². The summed E-state index contributed by atoms with van der Waals surface area (Å²) in [6.45, 7) is 3.88. The van der Waals surface area contributed by atoms with Crippen molar-refractivity contribution >= 4 is 30.2 Å². The first kappa shape index (κ1) is 12.3. The van der Waals surface area contributed by atoms with E-state index in [4.69, 9.17) is 16.3 Å². The van der Waals surface area contributed by atoms with E-state index in [1.807, 2.05) is 6.92 Å². The van der Waals surface area contributed by atoms with Gasteiger partial charge in [0, 0.05) is 6.42 Å². The van der Waals surface area contributed by atoms with E-state index >= 15 is 0 Å². The topological polar surface area (TPSA) is 52.1 Å². The van der Waals surface area contributed by atoms with Crippen LogP contribution in [0.2, 0.25) is 5.15 Å². The third kappa shape index (κ3) is 2.82. The van der Waals surface area contributed by atoms with Crippen LogP contribution in [0.5, 0.6) is 0 Å². The molecule has 0 amide bonds. The summed E-state index contributed by atoms with van der Waals surface area (Å²) in [6.07, 6.45) is 0.635. The molecule has 4 nitrogen and oxygen atoms in total. The maximum Gasteiger partial charge on any atom is 0.344 e. The molecule has 0 aliphatic heterocycles. The van der Waals surface area contributed by atoms with E-state index in [9.17, 15) is 4.79 Å². The zero-order valence-corrected chi connectivity index (χ0v) is 10.1. The van der Waals surface area contributed by atoms with Crippen molar-refractivity contribution in [2.45, 2.75) is 25.3 Å². The molecule has 0 atom stereocenters. The molecule has 0 bridgehead atoms. The zero-order valence-electron chi connectivity index (χ0n) is 8.45. The fourth-order valence-corrected chi connectivity index (χ4v) is 1.64. The quantitative estimate of drug-likeness (QED) is 0.505. The van der Waals surface area contributed by atoms with E-state index in [2.05, 4.69) is 22.6 Å². The van der Waals surface area contributed by atoms with Crippen LogP contribution in [0.15, 0.2) is 5.03 Å². The summed E-state index contributed by atoms with van der Waals surface area (Å²) in [5, 5.41) is 0.343. The number of carbonyl (C=O) groups is 1. The second-order valence-electron chi connectivity index (χ2n) is 2.70. The van der Waals surface area contributed by atoms with Crippen LogP contribution >= 0.6 is 24.2 Å². The Bertz CT molecular complexity index is 361. The Labute approximate surface area is 98.4 Å². The fraction of sp³-hybridized carbons (Fsp3) is 0.444. The van der Waals surface area contributed by atoms with Gasteiger partial charge in [-0.2, -0.15) is 0 Å². The number of aromatic nitrogens is 2. The molecule has 0 radical (unpaired) electrons. The number of ether oxygens (including phenoxy) is 1. The lowest BCUT2D eigenvalue weighted by Crippen LogP contribution is -2.10. The van der Waals surface area contributed by atoms with Crippen LogP contribution in [0.3, 0.4) is 0 Å². The first-order chi connectivity index (χ1) is 7.10. The van der Waals surface area contributed by atoms with Crippen molar-refractivity contribution in [3.05, 3.63) is 16.5 Å². The summed E-state index contributed by atoms with van der Waals surface area (Å²) >= 11 is 9.93. The van der Waals surface area contributed by atoms with Crippen LogP contribution in [0.4, 0.5) is 0 Å². The third-order valence-electron chi connectivity index (χ3n) is 1.69. The summed E-state index contributed by atoms with van der Waals surface area (Å²) < 4.78 is 4.81. The van der Waals surface area contributed by atoms with E-state index in [1.165, 1.54) is 0 Å². The van der Waals surface area contributed by atoms with Gasteiger partial charge < -0.3 is 4.74 Å². The molecule has 6 heteroatoms. The zero-order chi connectivity index (χ0) is 11.4. The number of aryl methyl sites for hydroxylation is 1. The smallest absolute Gasteiger partial charge is 0.344 e. The molecule has 0 spiro atoms. The van der Waals surface area contributed by atoms with Crippen molar-refractivity contribution < 1.29 is 9.53 Å². The molecule has 0 aliphatic rings. The maximum atomic E-state index is 11.5. The normalized spacial score (nSPS) is 10.1. The lowest BCUT2D eigenvalue weighted by molar-refractivity contribution is 0.0521.